The van der Waals surface area contributed by atoms with E-state index in [1.165, 1.54) is 25.0 Å². The first-order chi connectivity index (χ1) is 19.6. The highest BCUT2D eigenvalue weighted by atomic mass is 19.1. The van der Waals surface area contributed by atoms with Crippen molar-refractivity contribution in [3.05, 3.63) is 119 Å². The number of halogens is 1. The van der Waals surface area contributed by atoms with Gasteiger partial charge in [0.1, 0.15) is 5.82 Å². The number of pyridine rings is 1. The van der Waals surface area contributed by atoms with Gasteiger partial charge in [-0.3, -0.25) is 4.98 Å². The third-order valence-corrected chi connectivity index (χ3v) is 7.29. The summed E-state index contributed by atoms with van der Waals surface area (Å²) in [5.74, 6) is 1.19. The molecule has 206 valence electrons. The van der Waals surface area contributed by atoms with E-state index in [1.807, 2.05) is 36.4 Å². The lowest BCUT2D eigenvalue weighted by molar-refractivity contribution is 0.200. The summed E-state index contributed by atoms with van der Waals surface area (Å²) in [5, 5.41) is 5.76. The molecule has 3 aromatic carbocycles. The molecule has 0 radical (unpaired) electrons. The number of hydrogen-bond acceptors (Lipinski definition) is 4. The lowest BCUT2D eigenvalue weighted by Gasteiger charge is -2.22. The van der Waals surface area contributed by atoms with Crippen molar-refractivity contribution >= 4 is 11.7 Å². The fourth-order valence-electron chi connectivity index (χ4n) is 5.16. The average Bonchev–Trinajstić information content (AvgIpc) is 3.49. The molecule has 6 nitrogen and oxygen atoms in total. The third kappa shape index (κ3) is 7.17. The summed E-state index contributed by atoms with van der Waals surface area (Å²) in [6.07, 6.45) is 9.07. The molecule has 0 aliphatic heterocycles. The Morgan fingerprint density at radius 2 is 1.68 bits per heavy atom. The van der Waals surface area contributed by atoms with Gasteiger partial charge in [0.05, 0.1) is 13.2 Å². The van der Waals surface area contributed by atoms with Crippen LogP contribution in [-0.2, 0) is 13.0 Å². The molecule has 0 spiro atoms. The van der Waals surface area contributed by atoms with Gasteiger partial charge in [-0.1, -0.05) is 30.3 Å². The number of ether oxygens (including phenoxy) is 2. The van der Waals surface area contributed by atoms with E-state index in [0.717, 1.165) is 53.0 Å². The van der Waals surface area contributed by atoms with Gasteiger partial charge in [-0.25, -0.2) is 9.18 Å². The van der Waals surface area contributed by atoms with Gasteiger partial charge in [0.25, 0.3) is 0 Å². The van der Waals surface area contributed by atoms with Crippen LogP contribution in [0.4, 0.5) is 14.9 Å². The number of nitrogens with zero attached hydrogens (tertiary/aromatic N) is 1. The van der Waals surface area contributed by atoms with Crippen molar-refractivity contribution in [2.45, 2.75) is 50.7 Å². The molecule has 1 aliphatic carbocycles. The van der Waals surface area contributed by atoms with Crippen molar-refractivity contribution in [1.82, 2.24) is 10.3 Å². The Morgan fingerprint density at radius 3 is 2.42 bits per heavy atom. The molecule has 0 bridgehead atoms. The molecule has 0 saturated heterocycles. The minimum atomic E-state index is -0.330. The summed E-state index contributed by atoms with van der Waals surface area (Å²) < 4.78 is 25.2. The number of nitrogens with one attached hydrogen (secondary N) is 2. The Morgan fingerprint density at radius 1 is 0.925 bits per heavy atom. The molecule has 0 unspecified atom stereocenters. The lowest BCUT2D eigenvalue weighted by atomic mass is 9.85. The topological polar surface area (TPSA) is 72.5 Å². The zero-order chi connectivity index (χ0) is 27.7. The van der Waals surface area contributed by atoms with E-state index in [4.69, 9.17) is 9.47 Å². The Bertz CT molecular complexity index is 1410. The van der Waals surface area contributed by atoms with Crippen LogP contribution in [0.1, 0.15) is 53.9 Å². The lowest BCUT2D eigenvalue weighted by Crippen LogP contribution is -2.28. The number of hydrogen-bond donors (Lipinski definition) is 2. The molecule has 1 saturated carbocycles. The normalized spacial score (nSPS) is 13.9. The molecule has 1 atom stereocenters. The van der Waals surface area contributed by atoms with E-state index >= 15 is 0 Å². The zero-order valence-electron chi connectivity index (χ0n) is 22.6. The van der Waals surface area contributed by atoms with Crippen LogP contribution in [0.25, 0.3) is 0 Å². The number of methoxy groups -OCH3 is 1. The molecule has 5 rings (SSSR count). The molecule has 1 aromatic heterocycles. The second-order valence-corrected chi connectivity index (χ2v) is 10.1. The second-order valence-electron chi connectivity index (χ2n) is 10.1. The molecule has 2 N–H and O–H groups in total. The fourth-order valence-corrected chi connectivity index (χ4v) is 5.16. The molecule has 40 heavy (non-hydrogen) atoms. The zero-order valence-corrected chi connectivity index (χ0v) is 22.6. The molecular weight excluding hydrogens is 505 g/mol. The summed E-state index contributed by atoms with van der Waals surface area (Å²) in [6.45, 7) is 0.298. The highest BCUT2D eigenvalue weighted by Crippen LogP contribution is 2.37. The van der Waals surface area contributed by atoms with E-state index in [9.17, 15) is 9.18 Å². The van der Waals surface area contributed by atoms with Crippen molar-refractivity contribution in [2.24, 2.45) is 0 Å². The SMILES string of the molecule is COc1ccc([C@H](Cc2ccncc2)c2cccc(NC(=O)NCc3ccc(F)cc3)c2)cc1OC1CCCC1. The number of rotatable bonds is 10. The summed E-state index contributed by atoms with van der Waals surface area (Å²) in [4.78, 5) is 16.8. The van der Waals surface area contributed by atoms with E-state index in [2.05, 4.69) is 33.8 Å². The van der Waals surface area contributed by atoms with E-state index in [1.54, 1.807) is 31.6 Å². The van der Waals surface area contributed by atoms with Gasteiger partial charge in [0.15, 0.2) is 11.5 Å². The molecular formula is C33H34FN3O3. The van der Waals surface area contributed by atoms with Crippen LogP contribution < -0.4 is 20.1 Å². The van der Waals surface area contributed by atoms with E-state index in [-0.39, 0.29) is 23.9 Å². The van der Waals surface area contributed by atoms with Crippen LogP contribution in [-0.4, -0.2) is 24.2 Å². The summed E-state index contributed by atoms with van der Waals surface area (Å²) >= 11 is 0. The third-order valence-electron chi connectivity index (χ3n) is 7.29. The van der Waals surface area contributed by atoms with Crippen LogP contribution in [0.2, 0.25) is 0 Å². The first-order valence-electron chi connectivity index (χ1n) is 13.7. The highest BCUT2D eigenvalue weighted by molar-refractivity contribution is 5.89. The number of anilines is 1. The predicted molar refractivity (Wildman–Crippen MR) is 154 cm³/mol. The second kappa shape index (κ2) is 13.1. The highest BCUT2D eigenvalue weighted by Gasteiger charge is 2.22. The predicted octanol–water partition coefficient (Wildman–Crippen LogP) is 7.25. The van der Waals surface area contributed by atoms with Crippen LogP contribution in [0, 0.1) is 5.82 Å². The Kier molecular flexibility index (Phi) is 8.91. The minimum Gasteiger partial charge on any atom is -0.493 e. The summed E-state index contributed by atoms with van der Waals surface area (Å²) in [5.41, 5.74) is 4.82. The minimum absolute atomic E-state index is 0.00302. The number of urea groups is 1. The fraction of sp³-hybridized carbons (Fsp3) is 0.273. The molecule has 1 aliphatic rings. The van der Waals surface area contributed by atoms with Gasteiger partial charge >= 0.3 is 6.03 Å². The van der Waals surface area contributed by atoms with Crippen LogP contribution in [0.5, 0.6) is 11.5 Å². The van der Waals surface area contributed by atoms with Crippen molar-refractivity contribution < 1.29 is 18.7 Å². The summed E-state index contributed by atoms with van der Waals surface area (Å²) in [7, 11) is 1.67. The van der Waals surface area contributed by atoms with Gasteiger partial charge in [0, 0.05) is 30.5 Å². The first-order valence-corrected chi connectivity index (χ1v) is 13.7. The molecule has 2 amide bonds. The van der Waals surface area contributed by atoms with Gasteiger partial charge in [-0.05, 0) is 103 Å². The van der Waals surface area contributed by atoms with Crippen molar-refractivity contribution in [1.29, 1.82) is 0 Å². The molecule has 1 heterocycles. The molecule has 7 heteroatoms. The van der Waals surface area contributed by atoms with Gasteiger partial charge < -0.3 is 20.1 Å². The Labute approximate surface area is 234 Å². The number of carbonyl (C=O) groups excluding carboxylic acids is 1. The maximum absolute atomic E-state index is 13.2. The van der Waals surface area contributed by atoms with Crippen molar-refractivity contribution in [3.8, 4) is 11.5 Å². The Balaban J connectivity index is 1.38. The summed E-state index contributed by atoms with van der Waals surface area (Å²) in [6, 6.07) is 23.8. The standard InChI is InChI=1S/C33H34FN3O3/c1-39-31-14-11-26(21-32(31)40-29-7-2-3-8-29)30(19-23-15-17-35-18-16-23)25-5-4-6-28(20-25)37-33(38)36-22-24-9-12-27(34)13-10-24/h4-6,9-18,20-21,29-30H,2-3,7-8,19,22H2,1H3,(H2,36,37,38)/t30-/m1/s1. The van der Waals surface area contributed by atoms with Crippen LogP contribution in [0.15, 0.2) is 91.3 Å². The average molecular weight is 540 g/mol. The largest absolute Gasteiger partial charge is 0.493 e. The number of amides is 2. The molecule has 4 aromatic rings. The maximum Gasteiger partial charge on any atom is 0.319 e. The van der Waals surface area contributed by atoms with E-state index < -0.39 is 0 Å². The monoisotopic (exact) mass is 539 g/mol. The maximum atomic E-state index is 13.2. The number of benzene rings is 3. The van der Waals surface area contributed by atoms with Crippen LogP contribution in [0.3, 0.4) is 0 Å². The Hall–Kier alpha value is -4.39. The van der Waals surface area contributed by atoms with Gasteiger partial charge in [0.2, 0.25) is 0 Å². The van der Waals surface area contributed by atoms with E-state index in [0.29, 0.717) is 12.2 Å². The number of aromatic nitrogens is 1. The van der Waals surface area contributed by atoms with Crippen molar-refractivity contribution in [2.75, 3.05) is 12.4 Å². The first kappa shape index (κ1) is 27.2. The van der Waals surface area contributed by atoms with Crippen molar-refractivity contribution in [3.63, 3.8) is 0 Å². The van der Waals surface area contributed by atoms with Gasteiger partial charge in [-0.2, -0.15) is 0 Å². The van der Waals surface area contributed by atoms with Crippen LogP contribution >= 0.6 is 0 Å². The quantitative estimate of drug-likeness (QED) is 0.223. The number of carbonyl (C=O) groups is 1. The smallest absolute Gasteiger partial charge is 0.319 e. The van der Waals surface area contributed by atoms with Gasteiger partial charge in [-0.15, -0.1) is 0 Å². The molecule has 1 fully saturated rings.